The van der Waals surface area contributed by atoms with E-state index in [2.05, 4.69) is 17.4 Å². The number of aryl methyl sites for hydroxylation is 1. The van der Waals surface area contributed by atoms with E-state index in [9.17, 15) is 9.59 Å². The fourth-order valence-corrected chi connectivity index (χ4v) is 4.20. The summed E-state index contributed by atoms with van der Waals surface area (Å²) in [4.78, 5) is 26.9. The van der Waals surface area contributed by atoms with Gasteiger partial charge in [0.2, 0.25) is 0 Å². The van der Waals surface area contributed by atoms with Crippen LogP contribution in [0.1, 0.15) is 29.2 Å². The quantitative estimate of drug-likeness (QED) is 0.400. The molecule has 0 radical (unpaired) electrons. The van der Waals surface area contributed by atoms with Gasteiger partial charge in [0.15, 0.2) is 0 Å². The van der Waals surface area contributed by atoms with Crippen molar-refractivity contribution in [3.8, 4) is 0 Å². The summed E-state index contributed by atoms with van der Waals surface area (Å²) in [6.07, 6.45) is 0.612. The van der Waals surface area contributed by atoms with Crippen molar-refractivity contribution in [3.63, 3.8) is 0 Å². The van der Waals surface area contributed by atoms with E-state index in [1.165, 1.54) is 16.6 Å². The van der Waals surface area contributed by atoms with Gasteiger partial charge in [0.05, 0.1) is 11.8 Å². The highest BCUT2D eigenvalue weighted by atomic mass is 16.4. The number of hydrazone groups is 1. The van der Waals surface area contributed by atoms with Crippen LogP contribution in [0.5, 0.6) is 0 Å². The van der Waals surface area contributed by atoms with Gasteiger partial charge in [0.1, 0.15) is 5.58 Å². The predicted octanol–water partition coefficient (Wildman–Crippen LogP) is 5.55. The largest absolute Gasteiger partial charge is 0.423 e. The second-order valence-corrected chi connectivity index (χ2v) is 8.90. The van der Waals surface area contributed by atoms with Gasteiger partial charge in [-0.3, -0.25) is 0 Å². The van der Waals surface area contributed by atoms with E-state index in [1.54, 1.807) is 24.3 Å². The maximum absolute atomic E-state index is 13.4. The van der Waals surface area contributed by atoms with Crippen LogP contribution in [0.2, 0.25) is 0 Å². The first-order valence-corrected chi connectivity index (χ1v) is 11.4. The fraction of sp³-hybridized carbons (Fsp3) is 0.179. The number of carbonyl (C=O) groups excluding carboxylic acids is 1. The van der Waals surface area contributed by atoms with E-state index in [0.717, 1.165) is 27.9 Å². The molecule has 1 aliphatic heterocycles. The molecule has 0 spiro atoms. The molecule has 1 atom stereocenters. The van der Waals surface area contributed by atoms with Crippen molar-refractivity contribution in [2.45, 2.75) is 19.4 Å². The molecule has 2 heterocycles. The number of hydrogen-bond donors (Lipinski definition) is 1. The topological polar surface area (TPSA) is 78.1 Å². The van der Waals surface area contributed by atoms with Gasteiger partial charge in [0.25, 0.3) is 0 Å². The van der Waals surface area contributed by atoms with E-state index in [-0.39, 0.29) is 12.1 Å². The molecule has 1 aliphatic rings. The molecule has 5 rings (SSSR count). The Labute approximate surface area is 203 Å². The number of fused-ring (bicyclic) bond motifs is 1. The van der Waals surface area contributed by atoms with Gasteiger partial charge in [-0.15, -0.1) is 0 Å². The minimum atomic E-state index is -0.410. The second-order valence-electron chi connectivity index (χ2n) is 8.90. The molecule has 7 nitrogen and oxygen atoms in total. The summed E-state index contributed by atoms with van der Waals surface area (Å²) in [5, 5.41) is 9.94. The highest BCUT2D eigenvalue weighted by molar-refractivity contribution is 6.04. The number of amides is 2. The summed E-state index contributed by atoms with van der Waals surface area (Å²) in [6.45, 7) is 2.05. The lowest BCUT2D eigenvalue weighted by atomic mass is 9.98. The Hall–Kier alpha value is -4.39. The molecule has 0 fully saturated rings. The fourth-order valence-electron chi connectivity index (χ4n) is 4.20. The van der Waals surface area contributed by atoms with Crippen molar-refractivity contribution in [2.75, 3.05) is 24.3 Å². The number of anilines is 2. The lowest BCUT2D eigenvalue weighted by Crippen LogP contribution is -2.31. The molecule has 176 valence electrons. The molecule has 3 aromatic carbocycles. The van der Waals surface area contributed by atoms with Crippen molar-refractivity contribution in [1.29, 1.82) is 0 Å². The van der Waals surface area contributed by atoms with Crippen molar-refractivity contribution in [2.24, 2.45) is 5.10 Å². The van der Waals surface area contributed by atoms with E-state index in [4.69, 9.17) is 9.52 Å². The van der Waals surface area contributed by atoms with Gasteiger partial charge in [-0.25, -0.2) is 14.6 Å². The maximum Gasteiger partial charge on any atom is 0.342 e. The first-order chi connectivity index (χ1) is 16.9. The van der Waals surface area contributed by atoms with Crippen LogP contribution >= 0.6 is 0 Å². The summed E-state index contributed by atoms with van der Waals surface area (Å²) in [5.41, 5.74) is 5.79. The van der Waals surface area contributed by atoms with Crippen LogP contribution in [0.3, 0.4) is 0 Å². The maximum atomic E-state index is 13.4. The average molecular weight is 467 g/mol. The standard InChI is InChI=1S/C28H26N4O3/c1-18-4-6-19(7-5-18)24-17-25(20-8-12-23(13-9-20)31(2)3)32(30-24)28(34)29-22-11-14-26-21(16-22)10-15-27(33)35-26/h4-16,25H,17H2,1-3H3,(H,29,34). The van der Waals surface area contributed by atoms with Crippen LogP contribution in [0.25, 0.3) is 11.0 Å². The Morgan fingerprint density at radius 1 is 1.00 bits per heavy atom. The summed E-state index contributed by atoms with van der Waals surface area (Å²) in [6, 6.07) is 24.0. The lowest BCUT2D eigenvalue weighted by Gasteiger charge is -2.23. The van der Waals surface area contributed by atoms with Gasteiger partial charge < -0.3 is 14.6 Å². The second kappa shape index (κ2) is 9.10. The van der Waals surface area contributed by atoms with Gasteiger partial charge >= 0.3 is 11.7 Å². The molecule has 1 unspecified atom stereocenters. The van der Waals surface area contributed by atoms with E-state index >= 15 is 0 Å². The Kier molecular flexibility index (Phi) is 5.82. The monoisotopic (exact) mass is 466 g/mol. The Balaban J connectivity index is 1.46. The molecule has 0 aliphatic carbocycles. The van der Waals surface area contributed by atoms with Crippen molar-refractivity contribution in [3.05, 3.63) is 106 Å². The molecule has 0 saturated carbocycles. The van der Waals surface area contributed by atoms with Gasteiger partial charge in [0, 0.05) is 43.3 Å². The van der Waals surface area contributed by atoms with Crippen LogP contribution < -0.4 is 15.8 Å². The first-order valence-electron chi connectivity index (χ1n) is 11.4. The van der Waals surface area contributed by atoms with Crippen LogP contribution in [-0.2, 0) is 0 Å². The molecule has 1 N–H and O–H groups in total. The number of benzene rings is 3. The Morgan fingerprint density at radius 3 is 2.46 bits per heavy atom. The number of nitrogens with zero attached hydrogens (tertiary/aromatic N) is 3. The first kappa shape index (κ1) is 22.4. The van der Waals surface area contributed by atoms with Crippen LogP contribution in [0.4, 0.5) is 16.2 Å². The van der Waals surface area contributed by atoms with Gasteiger partial charge in [-0.2, -0.15) is 5.10 Å². The van der Waals surface area contributed by atoms with Gasteiger partial charge in [-0.1, -0.05) is 42.0 Å². The summed E-state index contributed by atoms with van der Waals surface area (Å²) in [5.74, 6) is 0. The SMILES string of the molecule is Cc1ccc(C2=NN(C(=O)Nc3ccc4oc(=O)ccc4c3)C(c3ccc(N(C)C)cc3)C2)cc1. The number of nitrogens with one attached hydrogen (secondary N) is 1. The number of rotatable bonds is 4. The van der Waals surface area contributed by atoms with E-state index < -0.39 is 5.63 Å². The van der Waals surface area contributed by atoms with Crippen LogP contribution in [0, 0.1) is 6.92 Å². The highest BCUT2D eigenvalue weighted by Crippen LogP contribution is 2.34. The minimum Gasteiger partial charge on any atom is -0.423 e. The molecule has 4 aromatic rings. The van der Waals surface area contributed by atoms with Crippen molar-refractivity contribution >= 4 is 34.1 Å². The summed E-state index contributed by atoms with van der Waals surface area (Å²) < 4.78 is 5.19. The third kappa shape index (κ3) is 4.66. The predicted molar refractivity (Wildman–Crippen MR) is 139 cm³/mol. The van der Waals surface area contributed by atoms with Crippen LogP contribution in [0.15, 0.2) is 93.2 Å². The minimum absolute atomic E-state index is 0.235. The van der Waals surface area contributed by atoms with Crippen molar-refractivity contribution < 1.29 is 9.21 Å². The van der Waals surface area contributed by atoms with Crippen LogP contribution in [-0.4, -0.2) is 30.8 Å². The smallest absolute Gasteiger partial charge is 0.342 e. The van der Waals surface area contributed by atoms with Crippen molar-refractivity contribution in [1.82, 2.24) is 5.01 Å². The number of hydrogen-bond acceptors (Lipinski definition) is 5. The zero-order chi connectivity index (χ0) is 24.5. The molecule has 0 bridgehead atoms. The zero-order valence-electron chi connectivity index (χ0n) is 19.9. The Morgan fingerprint density at radius 2 is 1.74 bits per heavy atom. The number of urea groups is 1. The zero-order valence-corrected chi connectivity index (χ0v) is 19.9. The molecular formula is C28H26N4O3. The molecule has 0 saturated heterocycles. The summed E-state index contributed by atoms with van der Waals surface area (Å²) in [7, 11) is 4.00. The molecular weight excluding hydrogens is 440 g/mol. The van der Waals surface area contributed by atoms with E-state index in [0.29, 0.717) is 17.7 Å². The molecule has 35 heavy (non-hydrogen) atoms. The normalized spacial score (nSPS) is 15.2. The third-order valence-electron chi connectivity index (χ3n) is 6.17. The molecule has 2 amide bonds. The summed E-state index contributed by atoms with van der Waals surface area (Å²) >= 11 is 0. The van der Waals surface area contributed by atoms with Gasteiger partial charge in [-0.05, 0) is 54.4 Å². The average Bonchev–Trinajstić information content (AvgIpc) is 3.30. The molecule has 1 aromatic heterocycles. The highest BCUT2D eigenvalue weighted by Gasteiger charge is 2.33. The third-order valence-corrected chi connectivity index (χ3v) is 6.17. The number of carbonyl (C=O) groups is 1. The lowest BCUT2D eigenvalue weighted by molar-refractivity contribution is 0.200. The van der Waals surface area contributed by atoms with E-state index in [1.807, 2.05) is 62.3 Å². The Bertz CT molecular complexity index is 1470. The molecule has 7 heteroatoms.